The molecule has 0 N–H and O–H groups in total. The number of benzene rings is 1. The number of likely N-dealkylation sites (tertiary alicyclic amines) is 1. The third kappa shape index (κ3) is 3.49. The van der Waals surface area contributed by atoms with E-state index in [0.717, 1.165) is 25.9 Å². The van der Waals surface area contributed by atoms with Crippen LogP contribution in [0.5, 0.6) is 5.75 Å². The van der Waals surface area contributed by atoms with Crippen LogP contribution >= 0.6 is 0 Å². The number of para-hydroxylation sites is 1. The number of hydrogen-bond donors (Lipinski definition) is 0. The fourth-order valence-corrected chi connectivity index (χ4v) is 2.26. The van der Waals surface area contributed by atoms with Gasteiger partial charge in [0.05, 0.1) is 0 Å². The first kappa shape index (κ1) is 12.9. The molecule has 1 heterocycles. The van der Waals surface area contributed by atoms with Crippen molar-refractivity contribution in [2.45, 2.75) is 33.1 Å². The summed E-state index contributed by atoms with van der Waals surface area (Å²) in [7, 11) is 0. The van der Waals surface area contributed by atoms with E-state index in [4.69, 9.17) is 4.74 Å². The first-order valence-electron chi connectivity index (χ1n) is 6.59. The molecule has 1 aliphatic heterocycles. The van der Waals surface area contributed by atoms with Gasteiger partial charge in [0.15, 0.2) is 0 Å². The van der Waals surface area contributed by atoms with Crippen LogP contribution in [0.1, 0.15) is 33.1 Å². The van der Waals surface area contributed by atoms with E-state index in [9.17, 15) is 4.79 Å². The Labute approximate surface area is 109 Å². The number of rotatable bonds is 1. The second kappa shape index (κ2) is 5.42. The fraction of sp³-hybridized carbons (Fsp3) is 0.533. The highest BCUT2D eigenvalue weighted by Crippen LogP contribution is 2.30. The highest BCUT2D eigenvalue weighted by atomic mass is 16.6. The molecule has 2 rings (SSSR count). The highest BCUT2D eigenvalue weighted by molar-refractivity contribution is 5.70. The van der Waals surface area contributed by atoms with Crippen molar-refractivity contribution in [3.05, 3.63) is 30.3 Å². The van der Waals surface area contributed by atoms with Gasteiger partial charge in [-0.25, -0.2) is 4.79 Å². The molecule has 0 unspecified atom stereocenters. The Morgan fingerprint density at radius 2 is 1.89 bits per heavy atom. The minimum Gasteiger partial charge on any atom is -0.410 e. The van der Waals surface area contributed by atoms with Gasteiger partial charge in [-0.15, -0.1) is 0 Å². The Morgan fingerprint density at radius 3 is 2.61 bits per heavy atom. The summed E-state index contributed by atoms with van der Waals surface area (Å²) < 4.78 is 5.36. The summed E-state index contributed by atoms with van der Waals surface area (Å²) in [5.41, 5.74) is 0.335. The molecular formula is C15H21NO2. The lowest BCUT2D eigenvalue weighted by molar-refractivity contribution is 0.152. The molecule has 1 fully saturated rings. The van der Waals surface area contributed by atoms with Crippen molar-refractivity contribution < 1.29 is 9.53 Å². The summed E-state index contributed by atoms with van der Waals surface area (Å²) in [6.07, 6.45) is 3.04. The van der Waals surface area contributed by atoms with E-state index in [-0.39, 0.29) is 6.09 Å². The van der Waals surface area contributed by atoms with Crippen molar-refractivity contribution >= 4 is 6.09 Å². The van der Waals surface area contributed by atoms with Crippen molar-refractivity contribution in [3.8, 4) is 5.75 Å². The standard InChI is InChI=1S/C15H21NO2/c1-15(2)9-6-11-16(12-10-15)14(17)18-13-7-4-3-5-8-13/h3-5,7-8H,6,9-12H2,1-2H3. The largest absolute Gasteiger partial charge is 0.415 e. The Hall–Kier alpha value is -1.51. The number of carbonyl (C=O) groups excluding carboxylic acids is 1. The van der Waals surface area contributed by atoms with E-state index in [2.05, 4.69) is 13.8 Å². The normalized spacial score (nSPS) is 19.1. The second-order valence-corrected chi connectivity index (χ2v) is 5.69. The third-order valence-corrected chi connectivity index (χ3v) is 3.55. The average Bonchev–Trinajstić information content (AvgIpc) is 2.51. The van der Waals surface area contributed by atoms with E-state index in [1.165, 1.54) is 6.42 Å². The molecule has 1 aliphatic rings. The van der Waals surface area contributed by atoms with Crippen LogP contribution in [0.4, 0.5) is 4.79 Å². The van der Waals surface area contributed by atoms with Gasteiger partial charge in [-0.05, 0) is 36.8 Å². The van der Waals surface area contributed by atoms with E-state index in [1.54, 1.807) is 12.1 Å². The van der Waals surface area contributed by atoms with Crippen molar-refractivity contribution in [1.29, 1.82) is 0 Å². The van der Waals surface area contributed by atoms with Gasteiger partial charge in [0.1, 0.15) is 5.75 Å². The first-order chi connectivity index (χ1) is 8.57. The number of amides is 1. The predicted molar refractivity (Wildman–Crippen MR) is 71.7 cm³/mol. The quantitative estimate of drug-likeness (QED) is 0.757. The fourth-order valence-electron chi connectivity index (χ4n) is 2.26. The van der Waals surface area contributed by atoms with Gasteiger partial charge in [-0.2, -0.15) is 0 Å². The second-order valence-electron chi connectivity index (χ2n) is 5.69. The van der Waals surface area contributed by atoms with Crippen LogP contribution in [-0.2, 0) is 0 Å². The summed E-state index contributed by atoms with van der Waals surface area (Å²) in [5, 5.41) is 0. The van der Waals surface area contributed by atoms with Crippen LogP contribution in [0.25, 0.3) is 0 Å². The van der Waals surface area contributed by atoms with Gasteiger partial charge in [0.2, 0.25) is 0 Å². The monoisotopic (exact) mass is 247 g/mol. The SMILES string of the molecule is CC1(C)CCCN(C(=O)Oc2ccccc2)CC1. The molecule has 1 saturated heterocycles. The molecule has 0 radical (unpaired) electrons. The van der Waals surface area contributed by atoms with E-state index in [0.29, 0.717) is 11.2 Å². The average molecular weight is 247 g/mol. The van der Waals surface area contributed by atoms with Gasteiger partial charge < -0.3 is 9.64 Å². The Kier molecular flexibility index (Phi) is 3.90. The van der Waals surface area contributed by atoms with Gasteiger partial charge in [-0.3, -0.25) is 0 Å². The zero-order valence-electron chi connectivity index (χ0n) is 11.2. The van der Waals surface area contributed by atoms with Gasteiger partial charge in [0.25, 0.3) is 0 Å². The molecule has 0 spiro atoms. The molecule has 3 heteroatoms. The summed E-state index contributed by atoms with van der Waals surface area (Å²) in [5.74, 6) is 0.617. The molecule has 0 bridgehead atoms. The van der Waals surface area contributed by atoms with Gasteiger partial charge >= 0.3 is 6.09 Å². The summed E-state index contributed by atoms with van der Waals surface area (Å²) in [4.78, 5) is 13.9. The topological polar surface area (TPSA) is 29.5 Å². The van der Waals surface area contributed by atoms with E-state index < -0.39 is 0 Å². The lowest BCUT2D eigenvalue weighted by Crippen LogP contribution is -2.34. The minimum atomic E-state index is -0.223. The highest BCUT2D eigenvalue weighted by Gasteiger charge is 2.26. The third-order valence-electron chi connectivity index (χ3n) is 3.55. The predicted octanol–water partition coefficient (Wildman–Crippen LogP) is 3.70. The van der Waals surface area contributed by atoms with Crippen molar-refractivity contribution in [2.24, 2.45) is 5.41 Å². The maximum atomic E-state index is 12.0. The van der Waals surface area contributed by atoms with Crippen molar-refractivity contribution in [2.75, 3.05) is 13.1 Å². The molecule has 0 saturated carbocycles. The molecule has 1 amide bonds. The summed E-state index contributed by atoms with van der Waals surface area (Å²) in [6.45, 7) is 6.12. The van der Waals surface area contributed by atoms with Gasteiger partial charge in [0, 0.05) is 13.1 Å². The first-order valence-corrected chi connectivity index (χ1v) is 6.59. The van der Waals surface area contributed by atoms with E-state index >= 15 is 0 Å². The molecule has 98 valence electrons. The smallest absolute Gasteiger partial charge is 0.410 e. The lowest BCUT2D eigenvalue weighted by atomic mass is 9.85. The van der Waals surface area contributed by atoms with Crippen LogP contribution in [0.15, 0.2) is 30.3 Å². The maximum absolute atomic E-state index is 12.0. The number of hydrogen-bond acceptors (Lipinski definition) is 2. The lowest BCUT2D eigenvalue weighted by Gasteiger charge is -2.22. The summed E-state index contributed by atoms with van der Waals surface area (Å²) >= 11 is 0. The zero-order valence-corrected chi connectivity index (χ0v) is 11.2. The van der Waals surface area contributed by atoms with Crippen LogP contribution in [-0.4, -0.2) is 24.1 Å². The zero-order chi connectivity index (χ0) is 13.0. The Morgan fingerprint density at radius 1 is 1.17 bits per heavy atom. The molecule has 18 heavy (non-hydrogen) atoms. The maximum Gasteiger partial charge on any atom is 0.415 e. The van der Waals surface area contributed by atoms with Crippen molar-refractivity contribution in [3.63, 3.8) is 0 Å². The molecule has 3 nitrogen and oxygen atoms in total. The number of carbonyl (C=O) groups is 1. The number of nitrogens with zero attached hydrogens (tertiary/aromatic N) is 1. The molecule has 0 aliphatic carbocycles. The van der Waals surface area contributed by atoms with Crippen LogP contribution in [0, 0.1) is 5.41 Å². The van der Waals surface area contributed by atoms with Crippen LogP contribution < -0.4 is 4.74 Å². The summed E-state index contributed by atoms with van der Waals surface area (Å²) in [6, 6.07) is 9.26. The number of ether oxygens (including phenoxy) is 1. The van der Waals surface area contributed by atoms with E-state index in [1.807, 2.05) is 23.1 Å². The molecular weight excluding hydrogens is 226 g/mol. The van der Waals surface area contributed by atoms with Crippen LogP contribution in [0.3, 0.4) is 0 Å². The van der Waals surface area contributed by atoms with Crippen LogP contribution in [0.2, 0.25) is 0 Å². The van der Waals surface area contributed by atoms with Gasteiger partial charge in [-0.1, -0.05) is 32.0 Å². The Balaban J connectivity index is 1.93. The minimum absolute atomic E-state index is 0.223. The molecule has 0 aromatic heterocycles. The molecule has 1 aromatic carbocycles. The van der Waals surface area contributed by atoms with Crippen molar-refractivity contribution in [1.82, 2.24) is 4.90 Å². The Bertz CT molecular complexity index is 400. The molecule has 1 aromatic rings. The molecule has 0 atom stereocenters.